The van der Waals surface area contributed by atoms with Crippen molar-refractivity contribution in [3.63, 3.8) is 0 Å². The van der Waals surface area contributed by atoms with E-state index in [4.69, 9.17) is 99.4 Å². The first-order valence-corrected chi connectivity index (χ1v) is 17.9. The Labute approximate surface area is 351 Å². The first-order chi connectivity index (χ1) is 22.4. The van der Waals surface area contributed by atoms with Gasteiger partial charge < -0.3 is 121 Å². The summed E-state index contributed by atoms with van der Waals surface area (Å²) >= 11 is 38.3. The Bertz CT molecular complexity index is 1490. The van der Waals surface area contributed by atoms with Crippen molar-refractivity contribution in [3.8, 4) is 0 Å². The average molecular weight is 881 g/mol. The van der Waals surface area contributed by atoms with Crippen LogP contribution >= 0.6 is 48.9 Å². The fourth-order valence-electron chi connectivity index (χ4n) is 3.99. The minimum absolute atomic E-state index is 0. The van der Waals surface area contributed by atoms with Crippen LogP contribution < -0.4 is 21.3 Å². The zero-order valence-corrected chi connectivity index (χ0v) is 37.1. The van der Waals surface area contributed by atoms with Gasteiger partial charge in [0, 0.05) is 22.7 Å². The van der Waals surface area contributed by atoms with E-state index in [2.05, 4.69) is 73.2 Å². The minimum atomic E-state index is 0. The molecule has 0 bridgehead atoms. The van der Waals surface area contributed by atoms with Crippen molar-refractivity contribution in [1.29, 1.82) is 0 Å². The van der Waals surface area contributed by atoms with E-state index in [1.54, 1.807) is 0 Å². The third kappa shape index (κ3) is 18.2. The Morgan fingerprint density at radius 1 is 0.367 bits per heavy atom. The zero-order chi connectivity index (χ0) is 36.6. The largest absolute Gasteiger partial charge is 4.00 e. The zero-order valence-electron chi connectivity index (χ0n) is 28.6. The van der Waals surface area contributed by atoms with Crippen LogP contribution in [0, 0.1) is 55.4 Å². The van der Waals surface area contributed by atoms with E-state index in [-0.39, 0.29) is 21.1 Å². The predicted molar refractivity (Wildman–Crippen MR) is 238 cm³/mol. The van der Waals surface area contributed by atoms with Gasteiger partial charge in [-0.2, -0.15) is 0 Å². The fourth-order valence-corrected chi connectivity index (χ4v) is 4.87. The van der Waals surface area contributed by atoms with Gasteiger partial charge in [-0.1, -0.05) is 65.8 Å². The summed E-state index contributed by atoms with van der Waals surface area (Å²) in [7, 11) is 0. The van der Waals surface area contributed by atoms with E-state index >= 15 is 0 Å². The molecule has 0 aromatic heterocycles. The van der Waals surface area contributed by atoms with Gasteiger partial charge in [0.05, 0.1) is 0 Å². The number of hydrogen-bond donors (Lipinski definition) is 4. The van der Waals surface area contributed by atoms with E-state index in [9.17, 15) is 0 Å². The molecule has 0 saturated carbocycles. The van der Waals surface area contributed by atoms with Gasteiger partial charge in [0.25, 0.3) is 0 Å². The standard InChI is InChI=1S/4C9H11NS2.Mo/c4*1-6-4-3-5-8(7(6)2)10-9(11)12;/h4*3-5H,1-2H3,(H2,10,11,12);/q;;;;+4/p-4. The van der Waals surface area contributed by atoms with Crippen molar-refractivity contribution in [3.05, 3.63) is 117 Å². The molecule has 0 fully saturated rings. The molecule has 0 aliphatic rings. The molecule has 4 aromatic rings. The third-order valence-electron chi connectivity index (χ3n) is 7.37. The maximum Gasteiger partial charge on any atom is 4.00 e. The molecule has 258 valence electrons. The third-order valence-corrected chi connectivity index (χ3v) is 8.18. The van der Waals surface area contributed by atoms with Crippen LogP contribution in [0.15, 0.2) is 72.8 Å². The summed E-state index contributed by atoms with van der Waals surface area (Å²) in [6, 6.07) is 24.1. The van der Waals surface area contributed by atoms with Gasteiger partial charge in [-0.3, -0.25) is 0 Å². The van der Waals surface area contributed by atoms with E-state index in [0.717, 1.165) is 22.7 Å². The molecular formula is C36H40MoN4S8. The molecule has 13 heteroatoms. The van der Waals surface area contributed by atoms with Crippen LogP contribution in [-0.2, 0) is 71.6 Å². The second-order valence-corrected chi connectivity index (χ2v) is 14.9. The Kier molecular flexibility index (Phi) is 23.3. The quantitative estimate of drug-likeness (QED) is 0.0898. The first-order valence-electron chi connectivity index (χ1n) is 14.6. The topological polar surface area (TPSA) is 48.1 Å². The normalized spacial score (nSPS) is 9.31. The maximum atomic E-state index is 4.78. The second-order valence-electron chi connectivity index (χ2n) is 10.6. The van der Waals surface area contributed by atoms with Crippen molar-refractivity contribution < 1.29 is 21.1 Å². The molecule has 0 heterocycles. The van der Waals surface area contributed by atoms with Gasteiger partial charge in [0.1, 0.15) is 0 Å². The number of aryl methyl sites for hydroxylation is 4. The number of benzene rings is 4. The van der Waals surface area contributed by atoms with Gasteiger partial charge in [-0.05, 0) is 124 Å². The van der Waals surface area contributed by atoms with Crippen LogP contribution in [0.2, 0.25) is 0 Å². The number of rotatable bonds is 4. The summed E-state index contributed by atoms with van der Waals surface area (Å²) in [6.07, 6.45) is 0. The van der Waals surface area contributed by atoms with E-state index in [1.807, 2.05) is 76.2 Å². The Morgan fingerprint density at radius 3 is 0.673 bits per heavy atom. The average Bonchev–Trinajstić information content (AvgIpc) is 2.99. The Hall–Kier alpha value is -1.99. The van der Waals surface area contributed by atoms with Gasteiger partial charge in [0.2, 0.25) is 0 Å². The van der Waals surface area contributed by atoms with E-state index < -0.39 is 0 Å². The van der Waals surface area contributed by atoms with Gasteiger partial charge in [0.15, 0.2) is 0 Å². The van der Waals surface area contributed by atoms with Crippen LogP contribution in [0.25, 0.3) is 0 Å². The molecule has 0 saturated heterocycles. The molecular weight excluding hydrogens is 841 g/mol. The molecule has 4 N–H and O–H groups in total. The SMILES string of the molecule is Cc1cccc(NC(=S)[S-])c1C.Cc1cccc(NC(=S)[S-])c1C.Cc1cccc(NC(=S)[S-])c1C.Cc1cccc(NC(=S)[S-])c1C.[Mo+4]. The molecule has 0 aliphatic carbocycles. The van der Waals surface area contributed by atoms with Gasteiger partial charge >= 0.3 is 21.1 Å². The molecule has 4 nitrogen and oxygen atoms in total. The van der Waals surface area contributed by atoms with Crippen molar-refractivity contribution in [2.24, 2.45) is 0 Å². The van der Waals surface area contributed by atoms with Crippen LogP contribution in [0.3, 0.4) is 0 Å². The molecule has 0 aliphatic heterocycles. The predicted octanol–water partition coefficient (Wildman–Crippen LogP) is 10.2. The van der Waals surface area contributed by atoms with Crippen molar-refractivity contribution in [2.45, 2.75) is 55.4 Å². The van der Waals surface area contributed by atoms with E-state index in [0.29, 0.717) is 17.3 Å². The van der Waals surface area contributed by atoms with Crippen molar-refractivity contribution >= 4 is 139 Å². The summed E-state index contributed by atoms with van der Waals surface area (Å²) in [5.41, 5.74) is 13.8. The number of thiocarbonyl (C=S) groups is 4. The summed E-state index contributed by atoms with van der Waals surface area (Å²) in [4.78, 5) is 0. The monoisotopic (exact) mass is 882 g/mol. The maximum absolute atomic E-state index is 4.78. The van der Waals surface area contributed by atoms with Crippen LogP contribution in [0.1, 0.15) is 44.5 Å². The first kappa shape index (κ1) is 47.0. The smallest absolute Gasteiger partial charge is 0.411 e. The molecule has 0 amide bonds. The van der Waals surface area contributed by atoms with Crippen molar-refractivity contribution in [1.82, 2.24) is 0 Å². The summed E-state index contributed by atoms with van der Waals surface area (Å²) in [5.74, 6) is 0. The second kappa shape index (κ2) is 24.2. The Balaban J connectivity index is 0.000000623. The van der Waals surface area contributed by atoms with Crippen LogP contribution in [-0.4, -0.2) is 17.3 Å². The molecule has 0 unspecified atom stereocenters. The molecule has 0 radical (unpaired) electrons. The summed E-state index contributed by atoms with van der Waals surface area (Å²) in [6.45, 7) is 16.4. The summed E-state index contributed by atoms with van der Waals surface area (Å²) in [5, 5.41) is 11.8. The molecule has 0 spiro atoms. The molecule has 4 aromatic carbocycles. The van der Waals surface area contributed by atoms with Crippen LogP contribution in [0.5, 0.6) is 0 Å². The number of anilines is 4. The fraction of sp³-hybridized carbons (Fsp3) is 0.222. The molecule has 49 heavy (non-hydrogen) atoms. The van der Waals surface area contributed by atoms with Gasteiger partial charge in [-0.15, -0.1) is 0 Å². The van der Waals surface area contributed by atoms with Crippen molar-refractivity contribution in [2.75, 3.05) is 21.3 Å². The van der Waals surface area contributed by atoms with Gasteiger partial charge in [-0.25, -0.2) is 0 Å². The Morgan fingerprint density at radius 2 is 0.531 bits per heavy atom. The number of nitrogens with one attached hydrogen (secondary N) is 4. The minimum Gasteiger partial charge on any atom is -0.411 e. The summed E-state index contributed by atoms with van der Waals surface area (Å²) < 4.78 is 1.57. The van der Waals surface area contributed by atoms with Crippen LogP contribution in [0.4, 0.5) is 22.7 Å². The molecule has 4 rings (SSSR count). The van der Waals surface area contributed by atoms with E-state index in [1.165, 1.54) is 44.5 Å². The number of hydrogen-bond acceptors (Lipinski definition) is 8. The molecule has 0 atom stereocenters.